The quantitative estimate of drug-likeness (QED) is 0.488. The van der Waals surface area contributed by atoms with Gasteiger partial charge in [-0.2, -0.15) is 0 Å². The number of halogens is 1. The standard InChI is InChI=1S/C12H12ClNO2/c1-16-10-5-4-8-2-3-9(7-14-15)12(13)11(8)6-10/h4-7,15H,2-3H2,1H3. The Balaban J connectivity index is 2.50. The number of aryl methyl sites for hydroxylation is 1. The highest BCUT2D eigenvalue weighted by Gasteiger charge is 2.17. The van der Waals surface area contributed by atoms with Crippen molar-refractivity contribution in [2.24, 2.45) is 5.16 Å². The normalized spacial score (nSPS) is 15.4. The van der Waals surface area contributed by atoms with E-state index >= 15 is 0 Å². The zero-order valence-electron chi connectivity index (χ0n) is 8.90. The fourth-order valence-electron chi connectivity index (χ4n) is 1.85. The van der Waals surface area contributed by atoms with Crippen molar-refractivity contribution in [3.63, 3.8) is 0 Å². The third-order valence-corrected chi connectivity index (χ3v) is 3.16. The number of benzene rings is 1. The van der Waals surface area contributed by atoms with Crippen LogP contribution in [0.25, 0.3) is 5.03 Å². The number of fused-ring (bicyclic) bond motifs is 1. The van der Waals surface area contributed by atoms with Crippen LogP contribution in [0.1, 0.15) is 17.5 Å². The van der Waals surface area contributed by atoms with Gasteiger partial charge in [0.05, 0.1) is 18.4 Å². The Bertz CT molecular complexity index is 466. The van der Waals surface area contributed by atoms with Crippen molar-refractivity contribution in [2.75, 3.05) is 7.11 Å². The van der Waals surface area contributed by atoms with Crippen molar-refractivity contribution in [1.82, 2.24) is 0 Å². The lowest BCUT2D eigenvalue weighted by Crippen LogP contribution is -2.03. The van der Waals surface area contributed by atoms with Crippen LogP contribution in [0.4, 0.5) is 0 Å². The van der Waals surface area contributed by atoms with Gasteiger partial charge in [0.1, 0.15) is 5.75 Å². The number of methoxy groups -OCH3 is 1. The molecule has 84 valence electrons. The zero-order chi connectivity index (χ0) is 11.5. The van der Waals surface area contributed by atoms with Crippen LogP contribution < -0.4 is 4.74 Å². The number of hydrogen-bond acceptors (Lipinski definition) is 3. The van der Waals surface area contributed by atoms with E-state index in [2.05, 4.69) is 5.16 Å². The average molecular weight is 238 g/mol. The summed E-state index contributed by atoms with van der Waals surface area (Å²) in [7, 11) is 1.62. The van der Waals surface area contributed by atoms with E-state index in [0.717, 1.165) is 29.7 Å². The summed E-state index contributed by atoms with van der Waals surface area (Å²) < 4.78 is 5.16. The second-order valence-corrected chi connectivity index (χ2v) is 3.98. The molecule has 1 aromatic rings. The van der Waals surface area contributed by atoms with Gasteiger partial charge in [0.25, 0.3) is 0 Å². The summed E-state index contributed by atoms with van der Waals surface area (Å²) >= 11 is 6.24. The Hall–Kier alpha value is -1.48. The number of oxime groups is 1. The molecular formula is C12H12ClNO2. The molecule has 0 amide bonds. The van der Waals surface area contributed by atoms with Gasteiger partial charge >= 0.3 is 0 Å². The minimum atomic E-state index is 0.637. The molecule has 0 saturated heterocycles. The van der Waals surface area contributed by atoms with E-state index in [0.29, 0.717) is 5.03 Å². The van der Waals surface area contributed by atoms with E-state index in [9.17, 15) is 0 Å². The molecule has 0 unspecified atom stereocenters. The van der Waals surface area contributed by atoms with Crippen LogP contribution >= 0.6 is 11.6 Å². The third-order valence-electron chi connectivity index (χ3n) is 2.71. The lowest BCUT2D eigenvalue weighted by Gasteiger charge is -2.18. The first kappa shape index (κ1) is 11.0. The molecule has 4 heteroatoms. The molecule has 0 heterocycles. The number of hydrogen-bond donors (Lipinski definition) is 1. The van der Waals surface area contributed by atoms with Crippen LogP contribution in [-0.4, -0.2) is 18.5 Å². The average Bonchev–Trinajstić information content (AvgIpc) is 2.33. The van der Waals surface area contributed by atoms with E-state index < -0.39 is 0 Å². The molecule has 0 saturated carbocycles. The highest BCUT2D eigenvalue weighted by molar-refractivity contribution is 6.51. The number of rotatable bonds is 2. The molecule has 0 aliphatic heterocycles. The molecule has 2 rings (SSSR count). The summed E-state index contributed by atoms with van der Waals surface area (Å²) in [5.41, 5.74) is 3.01. The highest BCUT2D eigenvalue weighted by Crippen LogP contribution is 2.35. The van der Waals surface area contributed by atoms with Crippen molar-refractivity contribution in [2.45, 2.75) is 12.8 Å². The first-order valence-corrected chi connectivity index (χ1v) is 5.37. The minimum Gasteiger partial charge on any atom is -0.497 e. The summed E-state index contributed by atoms with van der Waals surface area (Å²) in [4.78, 5) is 0. The molecule has 1 N–H and O–H groups in total. The van der Waals surface area contributed by atoms with Gasteiger partial charge in [0.2, 0.25) is 0 Å². The monoisotopic (exact) mass is 237 g/mol. The SMILES string of the molecule is COc1ccc2c(c1)C(Cl)=C(C=NO)CC2. The highest BCUT2D eigenvalue weighted by atomic mass is 35.5. The second kappa shape index (κ2) is 4.58. The minimum absolute atomic E-state index is 0.637. The van der Waals surface area contributed by atoms with E-state index in [1.807, 2.05) is 18.2 Å². The molecule has 16 heavy (non-hydrogen) atoms. The van der Waals surface area contributed by atoms with Crippen molar-refractivity contribution in [1.29, 1.82) is 0 Å². The van der Waals surface area contributed by atoms with Gasteiger partial charge in [0, 0.05) is 5.56 Å². The number of nitrogens with zero attached hydrogens (tertiary/aromatic N) is 1. The van der Waals surface area contributed by atoms with Crippen LogP contribution in [0.3, 0.4) is 0 Å². The Morgan fingerprint density at radius 2 is 2.25 bits per heavy atom. The fraction of sp³-hybridized carbons (Fsp3) is 0.250. The first-order valence-electron chi connectivity index (χ1n) is 4.99. The van der Waals surface area contributed by atoms with Gasteiger partial charge in [-0.1, -0.05) is 22.8 Å². The van der Waals surface area contributed by atoms with Crippen LogP contribution in [0.2, 0.25) is 0 Å². The van der Waals surface area contributed by atoms with Gasteiger partial charge in [-0.15, -0.1) is 0 Å². The number of allylic oxidation sites excluding steroid dienone is 1. The molecule has 0 fully saturated rings. The van der Waals surface area contributed by atoms with Gasteiger partial charge in [-0.05, 0) is 36.1 Å². The van der Waals surface area contributed by atoms with Crippen molar-refractivity contribution < 1.29 is 9.94 Å². The molecule has 1 aliphatic carbocycles. The molecule has 1 aromatic carbocycles. The summed E-state index contributed by atoms with van der Waals surface area (Å²) in [5.74, 6) is 0.777. The Kier molecular flexibility index (Phi) is 3.15. The van der Waals surface area contributed by atoms with E-state index in [-0.39, 0.29) is 0 Å². The molecule has 0 radical (unpaired) electrons. The molecule has 0 aromatic heterocycles. The lowest BCUT2D eigenvalue weighted by molar-refractivity contribution is 0.321. The van der Waals surface area contributed by atoms with Crippen molar-refractivity contribution in [3.8, 4) is 5.75 Å². The number of ether oxygens (including phenoxy) is 1. The maximum Gasteiger partial charge on any atom is 0.119 e. The van der Waals surface area contributed by atoms with Crippen LogP contribution in [0.5, 0.6) is 5.75 Å². The smallest absolute Gasteiger partial charge is 0.119 e. The van der Waals surface area contributed by atoms with Gasteiger partial charge < -0.3 is 9.94 Å². The Morgan fingerprint density at radius 1 is 1.44 bits per heavy atom. The van der Waals surface area contributed by atoms with Gasteiger partial charge in [0.15, 0.2) is 0 Å². The topological polar surface area (TPSA) is 41.8 Å². The Morgan fingerprint density at radius 3 is 2.94 bits per heavy atom. The molecule has 3 nitrogen and oxygen atoms in total. The summed E-state index contributed by atoms with van der Waals surface area (Å²) in [5, 5.41) is 12.2. The molecule has 0 atom stereocenters. The second-order valence-electron chi connectivity index (χ2n) is 3.61. The van der Waals surface area contributed by atoms with E-state index in [1.165, 1.54) is 11.8 Å². The lowest BCUT2D eigenvalue weighted by atomic mass is 9.92. The summed E-state index contributed by atoms with van der Waals surface area (Å²) in [6.07, 6.45) is 3.09. The zero-order valence-corrected chi connectivity index (χ0v) is 9.66. The fourth-order valence-corrected chi connectivity index (χ4v) is 2.17. The summed E-state index contributed by atoms with van der Waals surface area (Å²) in [6, 6.07) is 5.85. The van der Waals surface area contributed by atoms with Crippen LogP contribution in [-0.2, 0) is 6.42 Å². The predicted molar refractivity (Wildman–Crippen MR) is 64.4 cm³/mol. The molecule has 0 bridgehead atoms. The van der Waals surface area contributed by atoms with Crippen molar-refractivity contribution in [3.05, 3.63) is 34.9 Å². The molecule has 1 aliphatic rings. The van der Waals surface area contributed by atoms with Crippen molar-refractivity contribution >= 4 is 22.8 Å². The summed E-state index contributed by atoms with van der Waals surface area (Å²) in [6.45, 7) is 0. The first-order chi connectivity index (χ1) is 7.76. The molecular weight excluding hydrogens is 226 g/mol. The van der Waals surface area contributed by atoms with Crippen LogP contribution in [0, 0.1) is 0 Å². The van der Waals surface area contributed by atoms with Gasteiger partial charge in [-0.25, -0.2) is 0 Å². The maximum atomic E-state index is 8.54. The van der Waals surface area contributed by atoms with E-state index in [1.54, 1.807) is 7.11 Å². The van der Waals surface area contributed by atoms with Gasteiger partial charge in [-0.3, -0.25) is 0 Å². The van der Waals surface area contributed by atoms with Crippen LogP contribution in [0.15, 0.2) is 28.9 Å². The predicted octanol–water partition coefficient (Wildman–Crippen LogP) is 3.05. The van der Waals surface area contributed by atoms with E-state index in [4.69, 9.17) is 21.5 Å². The largest absolute Gasteiger partial charge is 0.497 e. The third kappa shape index (κ3) is 1.91. The Labute approximate surface area is 99.0 Å². The molecule has 0 spiro atoms. The maximum absolute atomic E-state index is 8.54.